The normalized spacial score (nSPS) is 19.0. The lowest BCUT2D eigenvalue weighted by molar-refractivity contribution is -0.146. The molecule has 114 valence electrons. The van der Waals surface area contributed by atoms with Gasteiger partial charge in [0.05, 0.1) is 6.54 Å². The van der Waals surface area contributed by atoms with Gasteiger partial charge in [0.25, 0.3) is 0 Å². The highest BCUT2D eigenvalue weighted by Crippen LogP contribution is 2.24. The number of nitrogens with one attached hydrogen (secondary N) is 1. The highest BCUT2D eigenvalue weighted by molar-refractivity contribution is 5.95. The van der Waals surface area contributed by atoms with Crippen molar-refractivity contribution >= 4 is 11.8 Å². The summed E-state index contributed by atoms with van der Waals surface area (Å²) in [5, 5.41) is 2.68. The smallest absolute Gasteiger partial charge is 0.247 e. The van der Waals surface area contributed by atoms with Crippen LogP contribution in [0.25, 0.3) is 0 Å². The number of benzene rings is 1. The van der Waals surface area contributed by atoms with Crippen molar-refractivity contribution in [2.24, 2.45) is 0 Å². The number of carbonyl (C=O) groups excluding carboxylic acids is 2. The minimum Gasteiger partial charge on any atom is -0.345 e. The number of hydrogen-bond acceptors (Lipinski definition) is 3. The van der Waals surface area contributed by atoms with E-state index in [1.807, 2.05) is 44.4 Å². The Labute approximate surface area is 125 Å². The lowest BCUT2D eigenvalue weighted by Gasteiger charge is -2.35. The number of hydrogen-bond donors (Lipinski definition) is 1. The van der Waals surface area contributed by atoms with Crippen LogP contribution in [0.4, 0.5) is 0 Å². The predicted octanol–water partition coefficient (Wildman–Crippen LogP) is 1.03. The first kappa shape index (κ1) is 15.5. The van der Waals surface area contributed by atoms with Gasteiger partial charge in [-0.2, -0.15) is 0 Å². The zero-order chi connectivity index (χ0) is 15.2. The summed E-state index contributed by atoms with van der Waals surface area (Å²) in [6, 6.07) is 9.00. The largest absolute Gasteiger partial charge is 0.345 e. The molecule has 0 saturated carbocycles. The minimum atomic E-state index is -0.494. The van der Waals surface area contributed by atoms with E-state index in [-0.39, 0.29) is 18.4 Å². The zero-order valence-electron chi connectivity index (χ0n) is 12.7. The molecule has 5 nitrogen and oxygen atoms in total. The molecule has 1 unspecified atom stereocenters. The number of piperazine rings is 1. The molecule has 5 heteroatoms. The molecule has 0 spiro atoms. The van der Waals surface area contributed by atoms with Crippen molar-refractivity contribution in [3.8, 4) is 0 Å². The maximum absolute atomic E-state index is 12.2. The van der Waals surface area contributed by atoms with Gasteiger partial charge >= 0.3 is 0 Å². The summed E-state index contributed by atoms with van der Waals surface area (Å²) < 4.78 is 0. The van der Waals surface area contributed by atoms with Crippen molar-refractivity contribution in [3.05, 3.63) is 35.9 Å². The van der Waals surface area contributed by atoms with E-state index in [9.17, 15) is 9.59 Å². The van der Waals surface area contributed by atoms with Gasteiger partial charge in [0.2, 0.25) is 11.8 Å². The van der Waals surface area contributed by atoms with E-state index >= 15 is 0 Å². The third-order valence-corrected chi connectivity index (χ3v) is 3.66. The van der Waals surface area contributed by atoms with Crippen LogP contribution in [0.3, 0.4) is 0 Å². The molecular weight excluding hydrogens is 266 g/mol. The van der Waals surface area contributed by atoms with Gasteiger partial charge in [-0.3, -0.25) is 9.59 Å². The van der Waals surface area contributed by atoms with E-state index in [1.54, 1.807) is 4.90 Å². The van der Waals surface area contributed by atoms with Crippen molar-refractivity contribution in [1.82, 2.24) is 15.1 Å². The van der Waals surface area contributed by atoms with Crippen LogP contribution in [0.2, 0.25) is 0 Å². The molecule has 1 aromatic carbocycles. The van der Waals surface area contributed by atoms with Gasteiger partial charge in [-0.15, -0.1) is 0 Å². The number of carbonyl (C=O) groups is 2. The van der Waals surface area contributed by atoms with Crippen molar-refractivity contribution in [3.63, 3.8) is 0 Å². The van der Waals surface area contributed by atoms with Gasteiger partial charge in [-0.05, 0) is 39.0 Å². The minimum absolute atomic E-state index is 0.00620. The Balaban J connectivity index is 2.06. The maximum Gasteiger partial charge on any atom is 0.247 e. The standard InChI is InChI=1S/C16H23N3O2/c1-18(2)10-6-7-11-19-14(20)12-17-16(21)15(19)13-8-4-3-5-9-13/h3-5,8-9,15H,6-7,10-12H2,1-2H3,(H,17,21). The van der Waals surface area contributed by atoms with E-state index in [1.165, 1.54) is 0 Å². The quantitative estimate of drug-likeness (QED) is 0.796. The van der Waals surface area contributed by atoms with Gasteiger partial charge in [0.1, 0.15) is 6.04 Å². The van der Waals surface area contributed by atoms with Crippen LogP contribution in [0, 0.1) is 0 Å². The monoisotopic (exact) mass is 289 g/mol. The molecule has 0 radical (unpaired) electrons. The molecule has 0 aromatic heterocycles. The number of unbranched alkanes of at least 4 members (excludes halogenated alkanes) is 1. The van der Waals surface area contributed by atoms with Crippen molar-refractivity contribution < 1.29 is 9.59 Å². The molecule has 1 aliphatic rings. The molecule has 1 aromatic rings. The molecule has 1 atom stereocenters. The van der Waals surface area contributed by atoms with Crippen molar-refractivity contribution in [2.45, 2.75) is 18.9 Å². The highest BCUT2D eigenvalue weighted by Gasteiger charge is 2.34. The lowest BCUT2D eigenvalue weighted by atomic mass is 10.0. The third kappa shape index (κ3) is 4.04. The predicted molar refractivity (Wildman–Crippen MR) is 81.7 cm³/mol. The summed E-state index contributed by atoms with van der Waals surface area (Å²) in [5.41, 5.74) is 0.871. The summed E-state index contributed by atoms with van der Waals surface area (Å²) in [6.45, 7) is 1.72. The summed E-state index contributed by atoms with van der Waals surface area (Å²) in [4.78, 5) is 28.2. The summed E-state index contributed by atoms with van der Waals surface area (Å²) in [7, 11) is 4.07. The molecule has 1 fully saturated rings. The number of nitrogens with zero attached hydrogens (tertiary/aromatic N) is 2. The molecule has 1 saturated heterocycles. The van der Waals surface area contributed by atoms with E-state index in [0.717, 1.165) is 24.9 Å². The fourth-order valence-corrected chi connectivity index (χ4v) is 2.58. The summed E-state index contributed by atoms with van der Waals surface area (Å²) in [5.74, 6) is -0.0956. The van der Waals surface area contributed by atoms with E-state index in [2.05, 4.69) is 10.2 Å². The van der Waals surface area contributed by atoms with Crippen LogP contribution in [0.1, 0.15) is 24.4 Å². The zero-order valence-corrected chi connectivity index (χ0v) is 12.7. The molecule has 0 bridgehead atoms. The Bertz CT molecular complexity index is 488. The van der Waals surface area contributed by atoms with Gasteiger partial charge in [-0.1, -0.05) is 30.3 Å². The van der Waals surface area contributed by atoms with Crippen LogP contribution >= 0.6 is 0 Å². The van der Waals surface area contributed by atoms with Crippen LogP contribution in [-0.4, -0.2) is 55.3 Å². The maximum atomic E-state index is 12.2. The second-order valence-corrected chi connectivity index (χ2v) is 5.63. The first-order valence-corrected chi connectivity index (χ1v) is 7.36. The molecule has 2 rings (SSSR count). The topological polar surface area (TPSA) is 52.6 Å². The average Bonchev–Trinajstić information content (AvgIpc) is 2.47. The summed E-state index contributed by atoms with van der Waals surface area (Å²) in [6.07, 6.45) is 1.92. The van der Waals surface area contributed by atoms with Gasteiger partial charge in [0, 0.05) is 6.54 Å². The molecule has 1 aliphatic heterocycles. The second kappa shape index (κ2) is 7.22. The third-order valence-electron chi connectivity index (χ3n) is 3.66. The molecule has 0 aliphatic carbocycles. The Kier molecular flexibility index (Phi) is 5.33. The Morgan fingerprint density at radius 2 is 1.90 bits per heavy atom. The van der Waals surface area contributed by atoms with Crippen molar-refractivity contribution in [1.29, 1.82) is 0 Å². The van der Waals surface area contributed by atoms with Crippen LogP contribution in [0.5, 0.6) is 0 Å². The lowest BCUT2D eigenvalue weighted by Crippen LogP contribution is -2.53. The molecule has 21 heavy (non-hydrogen) atoms. The van der Waals surface area contributed by atoms with E-state index in [0.29, 0.717) is 6.54 Å². The Morgan fingerprint density at radius 1 is 1.19 bits per heavy atom. The van der Waals surface area contributed by atoms with Gasteiger partial charge in [0.15, 0.2) is 0 Å². The fourth-order valence-electron chi connectivity index (χ4n) is 2.58. The summed E-state index contributed by atoms with van der Waals surface area (Å²) >= 11 is 0. The van der Waals surface area contributed by atoms with Gasteiger partial charge < -0.3 is 15.1 Å². The van der Waals surface area contributed by atoms with Gasteiger partial charge in [-0.25, -0.2) is 0 Å². The van der Waals surface area contributed by atoms with E-state index < -0.39 is 6.04 Å². The first-order chi connectivity index (χ1) is 10.1. The molecule has 2 amide bonds. The van der Waals surface area contributed by atoms with Crippen molar-refractivity contribution in [2.75, 3.05) is 33.7 Å². The second-order valence-electron chi connectivity index (χ2n) is 5.63. The number of amides is 2. The van der Waals surface area contributed by atoms with Crippen LogP contribution < -0.4 is 5.32 Å². The molecule has 1 heterocycles. The molecule has 1 N–H and O–H groups in total. The van der Waals surface area contributed by atoms with Crippen LogP contribution in [-0.2, 0) is 9.59 Å². The fraction of sp³-hybridized carbons (Fsp3) is 0.500. The Morgan fingerprint density at radius 3 is 2.57 bits per heavy atom. The van der Waals surface area contributed by atoms with E-state index in [4.69, 9.17) is 0 Å². The SMILES string of the molecule is CN(C)CCCCN1C(=O)CNC(=O)C1c1ccccc1. The highest BCUT2D eigenvalue weighted by atomic mass is 16.2. The average molecular weight is 289 g/mol. The first-order valence-electron chi connectivity index (χ1n) is 7.36. The Hall–Kier alpha value is -1.88. The molecular formula is C16H23N3O2. The van der Waals surface area contributed by atoms with Crippen LogP contribution in [0.15, 0.2) is 30.3 Å². The number of rotatable bonds is 6.